The Labute approximate surface area is 117 Å². The lowest BCUT2D eigenvalue weighted by Crippen LogP contribution is -2.06. The number of nitrogens with two attached hydrogens (primary N) is 1. The van der Waals surface area contributed by atoms with Gasteiger partial charge in [0.2, 0.25) is 0 Å². The van der Waals surface area contributed by atoms with Gasteiger partial charge in [-0.2, -0.15) is 0 Å². The average molecular weight is 265 g/mol. The van der Waals surface area contributed by atoms with Crippen molar-refractivity contribution in [1.29, 1.82) is 0 Å². The zero-order valence-electron chi connectivity index (χ0n) is 11.2. The molecule has 0 aliphatic heterocycles. The number of rotatable bonds is 3. The summed E-state index contributed by atoms with van der Waals surface area (Å²) in [6, 6.07) is 13.4. The van der Waals surface area contributed by atoms with Crippen molar-refractivity contribution in [1.82, 2.24) is 9.97 Å². The summed E-state index contributed by atoms with van der Waals surface area (Å²) in [6.45, 7) is 1.90. The summed E-state index contributed by atoms with van der Waals surface area (Å²) < 4.78 is 5.88. The van der Waals surface area contributed by atoms with Gasteiger partial charge >= 0.3 is 0 Å². The van der Waals surface area contributed by atoms with Crippen LogP contribution in [0, 0.1) is 0 Å². The summed E-state index contributed by atoms with van der Waals surface area (Å²) in [5.74, 6) is 1.46. The zero-order chi connectivity index (χ0) is 13.9. The second-order valence-corrected chi connectivity index (χ2v) is 4.64. The monoisotopic (exact) mass is 265 g/mol. The molecule has 0 saturated carbocycles. The van der Waals surface area contributed by atoms with E-state index in [4.69, 9.17) is 10.5 Å². The molecule has 4 nitrogen and oxygen atoms in total. The maximum absolute atomic E-state index is 5.88. The molecule has 0 amide bonds. The summed E-state index contributed by atoms with van der Waals surface area (Å²) >= 11 is 0. The van der Waals surface area contributed by atoms with E-state index in [9.17, 15) is 0 Å². The quantitative estimate of drug-likeness (QED) is 0.788. The van der Waals surface area contributed by atoms with Crippen molar-refractivity contribution in [2.75, 3.05) is 0 Å². The van der Waals surface area contributed by atoms with Crippen LogP contribution < -0.4 is 10.5 Å². The van der Waals surface area contributed by atoms with Gasteiger partial charge in [0.05, 0.1) is 17.4 Å². The summed E-state index contributed by atoms with van der Waals surface area (Å²) in [5, 5.41) is 0.978. The summed E-state index contributed by atoms with van der Waals surface area (Å²) in [7, 11) is 0. The van der Waals surface area contributed by atoms with Crippen molar-refractivity contribution >= 4 is 10.9 Å². The number of aromatic nitrogens is 2. The second-order valence-electron chi connectivity index (χ2n) is 4.64. The molecule has 1 unspecified atom stereocenters. The van der Waals surface area contributed by atoms with Gasteiger partial charge < -0.3 is 10.5 Å². The summed E-state index contributed by atoms with van der Waals surface area (Å²) in [5.41, 5.74) is 7.53. The fourth-order valence-electron chi connectivity index (χ4n) is 2.01. The number of hydrogen-bond donors (Lipinski definition) is 1. The average Bonchev–Trinajstić information content (AvgIpc) is 2.48. The molecule has 0 fully saturated rings. The molecule has 0 aliphatic rings. The van der Waals surface area contributed by atoms with E-state index in [0.717, 1.165) is 22.3 Å². The van der Waals surface area contributed by atoms with Crippen LogP contribution in [0.5, 0.6) is 11.5 Å². The first-order valence-electron chi connectivity index (χ1n) is 6.47. The molecule has 2 aromatic heterocycles. The summed E-state index contributed by atoms with van der Waals surface area (Å²) in [4.78, 5) is 8.60. The van der Waals surface area contributed by atoms with Crippen molar-refractivity contribution in [2.24, 2.45) is 5.73 Å². The molecular formula is C16H15N3O. The third-order valence-electron chi connectivity index (χ3n) is 3.06. The molecule has 2 N–H and O–H groups in total. The number of ether oxygens (including phenoxy) is 1. The van der Waals surface area contributed by atoms with Crippen LogP contribution in [-0.4, -0.2) is 9.97 Å². The Balaban J connectivity index is 1.93. The van der Waals surface area contributed by atoms with Crippen LogP contribution in [0.15, 0.2) is 54.9 Å². The van der Waals surface area contributed by atoms with Crippen LogP contribution in [0.1, 0.15) is 18.7 Å². The molecule has 2 heterocycles. The van der Waals surface area contributed by atoms with Crippen LogP contribution in [0.2, 0.25) is 0 Å². The number of hydrogen-bond acceptors (Lipinski definition) is 4. The fraction of sp³-hybridized carbons (Fsp3) is 0.125. The van der Waals surface area contributed by atoms with Gasteiger partial charge in [-0.1, -0.05) is 6.07 Å². The molecule has 1 aromatic carbocycles. The SMILES string of the molecule is CC(N)c1ccc(Oc2cccc3ncccc23)cn1. The van der Waals surface area contributed by atoms with Crippen molar-refractivity contribution < 1.29 is 4.74 Å². The third kappa shape index (κ3) is 2.46. The highest BCUT2D eigenvalue weighted by molar-refractivity contribution is 5.85. The van der Waals surface area contributed by atoms with Crippen LogP contribution in [0.3, 0.4) is 0 Å². The molecule has 1 atom stereocenters. The van der Waals surface area contributed by atoms with Crippen molar-refractivity contribution in [3.05, 3.63) is 60.6 Å². The molecule has 0 spiro atoms. The molecule has 100 valence electrons. The van der Waals surface area contributed by atoms with E-state index >= 15 is 0 Å². The molecule has 0 bridgehead atoms. The van der Waals surface area contributed by atoms with Crippen LogP contribution in [0.4, 0.5) is 0 Å². The highest BCUT2D eigenvalue weighted by Gasteiger charge is 2.05. The van der Waals surface area contributed by atoms with Crippen molar-refractivity contribution in [3.8, 4) is 11.5 Å². The Morgan fingerprint density at radius 2 is 1.95 bits per heavy atom. The van der Waals surface area contributed by atoms with E-state index in [1.165, 1.54) is 0 Å². The highest BCUT2D eigenvalue weighted by atomic mass is 16.5. The smallest absolute Gasteiger partial charge is 0.145 e. The molecule has 4 heteroatoms. The van der Waals surface area contributed by atoms with E-state index in [-0.39, 0.29) is 6.04 Å². The first kappa shape index (κ1) is 12.6. The maximum Gasteiger partial charge on any atom is 0.145 e. The van der Waals surface area contributed by atoms with Gasteiger partial charge in [-0.05, 0) is 43.3 Å². The van der Waals surface area contributed by atoms with Crippen molar-refractivity contribution in [2.45, 2.75) is 13.0 Å². The first-order chi connectivity index (χ1) is 9.74. The molecule has 20 heavy (non-hydrogen) atoms. The number of benzene rings is 1. The highest BCUT2D eigenvalue weighted by Crippen LogP contribution is 2.28. The summed E-state index contributed by atoms with van der Waals surface area (Å²) in [6.07, 6.45) is 3.46. The molecular weight excluding hydrogens is 250 g/mol. The van der Waals surface area contributed by atoms with Gasteiger partial charge in [-0.15, -0.1) is 0 Å². The normalized spacial score (nSPS) is 12.3. The van der Waals surface area contributed by atoms with Gasteiger partial charge in [-0.25, -0.2) is 0 Å². The van der Waals surface area contributed by atoms with Crippen LogP contribution in [-0.2, 0) is 0 Å². The van der Waals surface area contributed by atoms with Gasteiger partial charge in [0.25, 0.3) is 0 Å². The number of nitrogens with zero attached hydrogens (tertiary/aromatic N) is 2. The van der Waals surface area contributed by atoms with Gasteiger partial charge in [0, 0.05) is 17.6 Å². The Morgan fingerprint density at radius 1 is 1.05 bits per heavy atom. The van der Waals surface area contributed by atoms with E-state index in [0.29, 0.717) is 5.75 Å². The van der Waals surface area contributed by atoms with E-state index < -0.39 is 0 Å². The molecule has 0 aliphatic carbocycles. The Kier molecular flexibility index (Phi) is 3.31. The first-order valence-corrected chi connectivity index (χ1v) is 6.47. The predicted octanol–water partition coefficient (Wildman–Crippen LogP) is 3.44. The fourth-order valence-corrected chi connectivity index (χ4v) is 2.01. The van der Waals surface area contributed by atoms with Crippen LogP contribution in [0.25, 0.3) is 10.9 Å². The minimum atomic E-state index is -0.0780. The number of fused-ring (bicyclic) bond motifs is 1. The van der Waals surface area contributed by atoms with Gasteiger partial charge in [0.15, 0.2) is 0 Å². The van der Waals surface area contributed by atoms with E-state index in [1.807, 2.05) is 49.4 Å². The predicted molar refractivity (Wildman–Crippen MR) is 78.7 cm³/mol. The minimum Gasteiger partial charge on any atom is -0.455 e. The van der Waals surface area contributed by atoms with E-state index in [2.05, 4.69) is 9.97 Å². The minimum absolute atomic E-state index is 0.0780. The number of pyridine rings is 2. The zero-order valence-corrected chi connectivity index (χ0v) is 11.2. The van der Waals surface area contributed by atoms with Gasteiger partial charge in [-0.3, -0.25) is 9.97 Å². The lowest BCUT2D eigenvalue weighted by Gasteiger charge is -2.09. The topological polar surface area (TPSA) is 61.0 Å². The standard InChI is InChI=1S/C16H15N3O/c1-11(17)14-8-7-12(10-19-14)20-16-6-2-5-15-13(16)4-3-9-18-15/h2-11H,17H2,1H3. The molecule has 3 rings (SSSR count). The lowest BCUT2D eigenvalue weighted by atomic mass is 10.2. The van der Waals surface area contributed by atoms with Crippen molar-refractivity contribution in [3.63, 3.8) is 0 Å². The Morgan fingerprint density at radius 3 is 2.70 bits per heavy atom. The molecule has 0 saturated heterocycles. The molecule has 0 radical (unpaired) electrons. The van der Waals surface area contributed by atoms with Crippen LogP contribution >= 0.6 is 0 Å². The third-order valence-corrected chi connectivity index (χ3v) is 3.06. The Hall–Kier alpha value is -2.46. The maximum atomic E-state index is 5.88. The Bertz CT molecular complexity index is 718. The largest absolute Gasteiger partial charge is 0.455 e. The second kappa shape index (κ2) is 5.27. The molecule has 3 aromatic rings. The lowest BCUT2D eigenvalue weighted by molar-refractivity contribution is 0.485. The van der Waals surface area contributed by atoms with Gasteiger partial charge in [0.1, 0.15) is 11.5 Å². The van der Waals surface area contributed by atoms with E-state index in [1.54, 1.807) is 12.4 Å².